The van der Waals surface area contributed by atoms with Crippen LogP contribution in [-0.4, -0.2) is 21.0 Å². The van der Waals surface area contributed by atoms with Crippen molar-refractivity contribution in [3.05, 3.63) is 35.1 Å². The van der Waals surface area contributed by atoms with Crippen molar-refractivity contribution in [1.29, 1.82) is 0 Å². The molecule has 1 aromatic carbocycles. The molecule has 0 aliphatic carbocycles. The first-order valence-corrected chi connectivity index (χ1v) is 5.85. The molecule has 0 saturated carbocycles. The van der Waals surface area contributed by atoms with Crippen LogP contribution in [0.3, 0.4) is 0 Å². The Kier molecular flexibility index (Phi) is 2.34. The van der Waals surface area contributed by atoms with E-state index in [9.17, 15) is 0 Å². The topological polar surface area (TPSA) is 34.3 Å². The van der Waals surface area contributed by atoms with Crippen LogP contribution in [0.25, 0.3) is 16.8 Å². The van der Waals surface area contributed by atoms with Crippen LogP contribution in [-0.2, 0) is 13.6 Å². The highest BCUT2D eigenvalue weighted by Crippen LogP contribution is 2.22. The highest BCUT2D eigenvalue weighted by atomic mass is 35.5. The maximum Gasteiger partial charge on any atom is 0.214 e. The summed E-state index contributed by atoms with van der Waals surface area (Å²) in [7, 11) is 3.96. The number of fused-ring (bicyclic) bond motifs is 3. The van der Waals surface area contributed by atoms with Gasteiger partial charge in [0, 0.05) is 24.8 Å². The van der Waals surface area contributed by atoms with E-state index < -0.39 is 0 Å². The van der Waals surface area contributed by atoms with E-state index in [0.29, 0.717) is 0 Å². The normalized spacial score (nSPS) is 11.7. The van der Waals surface area contributed by atoms with Gasteiger partial charge in [0.15, 0.2) is 0 Å². The molecule has 1 N–H and O–H groups in total. The van der Waals surface area contributed by atoms with Crippen molar-refractivity contribution in [3.63, 3.8) is 0 Å². The van der Waals surface area contributed by atoms with Crippen LogP contribution in [0.2, 0.25) is 5.02 Å². The van der Waals surface area contributed by atoms with Gasteiger partial charge in [-0.15, -0.1) is 0 Å². The molecule has 5 heteroatoms. The Morgan fingerprint density at radius 2 is 2.24 bits per heavy atom. The van der Waals surface area contributed by atoms with E-state index in [0.717, 1.165) is 28.4 Å². The van der Waals surface area contributed by atoms with Crippen LogP contribution in [0, 0.1) is 0 Å². The van der Waals surface area contributed by atoms with Crippen LogP contribution < -0.4 is 5.32 Å². The van der Waals surface area contributed by atoms with E-state index in [4.69, 9.17) is 11.6 Å². The second-order valence-corrected chi connectivity index (χ2v) is 4.56. The molecule has 0 aliphatic heterocycles. The predicted octanol–water partition coefficient (Wildman–Crippen LogP) is 2.20. The number of hydrogen-bond donors (Lipinski definition) is 1. The number of rotatable bonds is 2. The summed E-state index contributed by atoms with van der Waals surface area (Å²) in [5, 5.41) is 3.88. The van der Waals surface area contributed by atoms with Gasteiger partial charge in [-0.25, -0.2) is 4.98 Å². The van der Waals surface area contributed by atoms with Gasteiger partial charge in [0.25, 0.3) is 0 Å². The molecule has 0 spiro atoms. The number of benzene rings is 1. The van der Waals surface area contributed by atoms with Crippen molar-refractivity contribution in [3.8, 4) is 0 Å². The first-order chi connectivity index (χ1) is 8.20. The number of aromatic nitrogens is 3. The first-order valence-electron chi connectivity index (χ1n) is 5.47. The standard InChI is InChI=1S/C12H13ClN4/c1-14-6-9-7-17-11-5-8(13)3-4-10(11)15-12(17)16(9)2/h3-5,7,14H,6H2,1-2H3. The van der Waals surface area contributed by atoms with Crippen LogP contribution in [0.15, 0.2) is 24.4 Å². The van der Waals surface area contributed by atoms with Crippen LogP contribution >= 0.6 is 11.6 Å². The molecule has 0 fully saturated rings. The summed E-state index contributed by atoms with van der Waals surface area (Å²) >= 11 is 6.02. The zero-order chi connectivity index (χ0) is 12.0. The average Bonchev–Trinajstić information content (AvgIpc) is 2.79. The Bertz CT molecular complexity index is 695. The van der Waals surface area contributed by atoms with Crippen molar-refractivity contribution >= 4 is 28.4 Å². The predicted molar refractivity (Wildman–Crippen MR) is 69.4 cm³/mol. The van der Waals surface area contributed by atoms with Crippen molar-refractivity contribution in [2.45, 2.75) is 6.54 Å². The lowest BCUT2D eigenvalue weighted by Crippen LogP contribution is -2.08. The van der Waals surface area contributed by atoms with Gasteiger partial charge in [0.2, 0.25) is 5.78 Å². The number of nitrogens with one attached hydrogen (secondary N) is 1. The van der Waals surface area contributed by atoms with E-state index in [-0.39, 0.29) is 0 Å². The largest absolute Gasteiger partial charge is 0.316 e. The molecule has 0 unspecified atom stereocenters. The summed E-state index contributed by atoms with van der Waals surface area (Å²) in [4.78, 5) is 4.60. The number of imidazole rings is 2. The molecular weight excluding hydrogens is 236 g/mol. The summed E-state index contributed by atoms with van der Waals surface area (Å²) < 4.78 is 4.16. The molecule has 0 bridgehead atoms. The number of hydrogen-bond acceptors (Lipinski definition) is 2. The van der Waals surface area contributed by atoms with Crippen molar-refractivity contribution in [2.24, 2.45) is 7.05 Å². The van der Waals surface area contributed by atoms with Crippen LogP contribution in [0.5, 0.6) is 0 Å². The lowest BCUT2D eigenvalue weighted by atomic mass is 10.3. The van der Waals surface area contributed by atoms with Gasteiger partial charge in [-0.3, -0.25) is 4.40 Å². The summed E-state index contributed by atoms with van der Waals surface area (Å²) in [5.74, 6) is 0.938. The minimum absolute atomic E-state index is 0.735. The number of halogens is 1. The maximum absolute atomic E-state index is 6.02. The van der Waals surface area contributed by atoms with Gasteiger partial charge in [0.1, 0.15) is 0 Å². The summed E-state index contributed by atoms with van der Waals surface area (Å²) in [6, 6.07) is 5.76. The maximum atomic E-state index is 6.02. The Morgan fingerprint density at radius 3 is 3.00 bits per heavy atom. The minimum atomic E-state index is 0.735. The molecule has 3 rings (SSSR count). The zero-order valence-electron chi connectivity index (χ0n) is 9.74. The smallest absolute Gasteiger partial charge is 0.214 e. The molecule has 0 radical (unpaired) electrons. The molecule has 0 aliphatic rings. The summed E-state index contributed by atoms with van der Waals surface area (Å²) in [5.41, 5.74) is 3.21. The second kappa shape index (κ2) is 3.75. The third-order valence-electron chi connectivity index (χ3n) is 3.00. The number of nitrogens with zero attached hydrogens (tertiary/aromatic N) is 3. The lowest BCUT2D eigenvalue weighted by molar-refractivity contribution is 0.742. The average molecular weight is 249 g/mol. The molecule has 0 atom stereocenters. The quantitative estimate of drug-likeness (QED) is 0.755. The van der Waals surface area contributed by atoms with E-state index in [1.54, 1.807) is 0 Å². The number of aryl methyl sites for hydroxylation is 1. The molecule has 2 heterocycles. The first kappa shape index (κ1) is 10.6. The SMILES string of the molecule is CNCc1cn2c3cc(Cl)ccc3nc2n1C. The van der Waals surface area contributed by atoms with Gasteiger partial charge < -0.3 is 9.88 Å². The molecule has 3 aromatic rings. The van der Waals surface area contributed by atoms with E-state index in [1.165, 1.54) is 5.69 Å². The fraction of sp³-hybridized carbons (Fsp3) is 0.250. The monoisotopic (exact) mass is 248 g/mol. The molecule has 2 aromatic heterocycles. The fourth-order valence-corrected chi connectivity index (χ4v) is 2.29. The highest BCUT2D eigenvalue weighted by Gasteiger charge is 2.11. The van der Waals surface area contributed by atoms with Gasteiger partial charge >= 0.3 is 0 Å². The fourth-order valence-electron chi connectivity index (χ4n) is 2.13. The molecule has 17 heavy (non-hydrogen) atoms. The molecule has 88 valence electrons. The Hall–Kier alpha value is -1.52. The van der Waals surface area contributed by atoms with Crippen molar-refractivity contribution in [1.82, 2.24) is 19.3 Å². The summed E-state index contributed by atoms with van der Waals surface area (Å²) in [6.45, 7) is 0.821. The Labute approximate surface area is 104 Å². The van der Waals surface area contributed by atoms with Crippen LogP contribution in [0.1, 0.15) is 5.69 Å². The van der Waals surface area contributed by atoms with Crippen molar-refractivity contribution in [2.75, 3.05) is 7.05 Å². The highest BCUT2D eigenvalue weighted by molar-refractivity contribution is 6.31. The van der Waals surface area contributed by atoms with E-state index in [2.05, 4.69) is 25.5 Å². The molecule has 0 saturated heterocycles. The van der Waals surface area contributed by atoms with Gasteiger partial charge in [-0.2, -0.15) is 0 Å². The van der Waals surface area contributed by atoms with Crippen LogP contribution in [0.4, 0.5) is 0 Å². The third-order valence-corrected chi connectivity index (χ3v) is 3.23. The molecule has 0 amide bonds. The van der Waals surface area contributed by atoms with Gasteiger partial charge in [0.05, 0.1) is 16.7 Å². The minimum Gasteiger partial charge on any atom is -0.316 e. The third kappa shape index (κ3) is 1.52. The molecule has 4 nitrogen and oxygen atoms in total. The van der Waals surface area contributed by atoms with Gasteiger partial charge in [-0.05, 0) is 25.2 Å². The lowest BCUT2D eigenvalue weighted by Gasteiger charge is -1.99. The Balaban J connectivity index is 2.34. The van der Waals surface area contributed by atoms with E-state index >= 15 is 0 Å². The van der Waals surface area contributed by atoms with Crippen molar-refractivity contribution < 1.29 is 0 Å². The zero-order valence-corrected chi connectivity index (χ0v) is 10.5. The summed E-state index contributed by atoms with van der Waals surface area (Å²) in [6.07, 6.45) is 2.09. The Morgan fingerprint density at radius 1 is 1.41 bits per heavy atom. The molecular formula is C12H13ClN4. The second-order valence-electron chi connectivity index (χ2n) is 4.12. The van der Waals surface area contributed by atoms with Gasteiger partial charge in [-0.1, -0.05) is 11.6 Å². The van der Waals surface area contributed by atoms with E-state index in [1.807, 2.05) is 32.3 Å².